The minimum absolute atomic E-state index is 0.0293. The van der Waals surface area contributed by atoms with Crippen LogP contribution in [0, 0.1) is 13.8 Å². The standard InChI is InChI=1S/C19H27N5O3S2/c1-14-18(15(2)24(21-14)16-5-11-29(26,27)13-16)22-6-8-23(9-7-22)19(25)20-12-17-4-3-10-28-17/h3-4,10,16H,5-9,11-13H2,1-2H3,(H,20,25)/t16-/m0/s1. The highest BCUT2D eigenvalue weighted by atomic mass is 32.2. The van der Waals surface area contributed by atoms with E-state index in [2.05, 4.69) is 15.3 Å². The van der Waals surface area contributed by atoms with Crippen LogP contribution in [0.1, 0.15) is 28.7 Å². The highest BCUT2D eigenvalue weighted by Crippen LogP contribution is 2.31. The highest BCUT2D eigenvalue weighted by molar-refractivity contribution is 7.91. The lowest BCUT2D eigenvalue weighted by atomic mass is 10.2. The fourth-order valence-electron chi connectivity index (χ4n) is 4.26. The zero-order valence-corrected chi connectivity index (χ0v) is 18.4. The molecular formula is C19H27N5O3S2. The van der Waals surface area contributed by atoms with Crippen molar-refractivity contribution in [1.82, 2.24) is 20.0 Å². The fraction of sp³-hybridized carbons (Fsp3) is 0.579. The Labute approximate surface area is 175 Å². The lowest BCUT2D eigenvalue weighted by molar-refractivity contribution is 0.194. The number of anilines is 1. The molecule has 0 saturated carbocycles. The van der Waals surface area contributed by atoms with Gasteiger partial charge in [0.05, 0.1) is 41.2 Å². The lowest BCUT2D eigenvalue weighted by Crippen LogP contribution is -2.51. The van der Waals surface area contributed by atoms with Crippen molar-refractivity contribution < 1.29 is 13.2 Å². The number of nitrogens with one attached hydrogen (secondary N) is 1. The van der Waals surface area contributed by atoms with Crippen LogP contribution in [0.5, 0.6) is 0 Å². The van der Waals surface area contributed by atoms with Crippen LogP contribution in [0.3, 0.4) is 0 Å². The summed E-state index contributed by atoms with van der Waals surface area (Å²) in [5.41, 5.74) is 3.01. The summed E-state index contributed by atoms with van der Waals surface area (Å²) in [7, 11) is -2.95. The highest BCUT2D eigenvalue weighted by Gasteiger charge is 2.33. The number of piperazine rings is 1. The summed E-state index contributed by atoms with van der Waals surface area (Å²) in [6.45, 7) is 7.33. The number of hydrogen-bond donors (Lipinski definition) is 1. The second-order valence-corrected chi connectivity index (χ2v) is 11.0. The van der Waals surface area contributed by atoms with Gasteiger partial charge < -0.3 is 15.1 Å². The van der Waals surface area contributed by atoms with E-state index in [1.807, 2.05) is 40.9 Å². The first kappa shape index (κ1) is 20.2. The summed E-state index contributed by atoms with van der Waals surface area (Å²) in [4.78, 5) is 17.7. The molecule has 4 rings (SSSR count). The largest absolute Gasteiger partial charge is 0.365 e. The Hall–Kier alpha value is -2.07. The van der Waals surface area contributed by atoms with E-state index in [0.29, 0.717) is 26.1 Å². The van der Waals surface area contributed by atoms with Crippen molar-refractivity contribution in [2.45, 2.75) is 32.9 Å². The first-order chi connectivity index (χ1) is 13.8. The molecular weight excluding hydrogens is 410 g/mol. The summed E-state index contributed by atoms with van der Waals surface area (Å²) in [5, 5.41) is 9.66. The zero-order chi connectivity index (χ0) is 20.6. The van der Waals surface area contributed by atoms with Crippen molar-refractivity contribution >= 4 is 32.9 Å². The molecule has 2 saturated heterocycles. The van der Waals surface area contributed by atoms with Crippen LogP contribution in [-0.4, -0.2) is 66.8 Å². The van der Waals surface area contributed by atoms with E-state index in [-0.39, 0.29) is 23.6 Å². The molecule has 2 aliphatic heterocycles. The Bertz CT molecular complexity index is 976. The van der Waals surface area contributed by atoms with Crippen molar-refractivity contribution in [1.29, 1.82) is 0 Å². The number of nitrogens with zero attached hydrogens (tertiary/aromatic N) is 4. The van der Waals surface area contributed by atoms with Crippen LogP contribution in [0.2, 0.25) is 0 Å². The van der Waals surface area contributed by atoms with E-state index in [1.54, 1.807) is 11.3 Å². The van der Waals surface area contributed by atoms with Crippen molar-refractivity contribution in [2.24, 2.45) is 0 Å². The molecule has 158 valence electrons. The SMILES string of the molecule is Cc1nn([C@H]2CCS(=O)(=O)C2)c(C)c1N1CCN(C(=O)NCc2cccs2)CC1. The lowest BCUT2D eigenvalue weighted by Gasteiger charge is -2.36. The van der Waals surface area contributed by atoms with E-state index in [4.69, 9.17) is 0 Å². The number of urea groups is 1. The molecule has 1 N–H and O–H groups in total. The maximum absolute atomic E-state index is 12.4. The molecule has 0 aromatic carbocycles. The Kier molecular flexibility index (Phi) is 5.56. The molecule has 2 aromatic heterocycles. The maximum Gasteiger partial charge on any atom is 0.317 e. The van der Waals surface area contributed by atoms with E-state index in [9.17, 15) is 13.2 Å². The Balaban J connectivity index is 1.38. The molecule has 8 nitrogen and oxygen atoms in total. The van der Waals surface area contributed by atoms with Gasteiger partial charge in [0.2, 0.25) is 0 Å². The van der Waals surface area contributed by atoms with E-state index < -0.39 is 9.84 Å². The van der Waals surface area contributed by atoms with Gasteiger partial charge in [0.15, 0.2) is 9.84 Å². The molecule has 0 aliphatic carbocycles. The van der Waals surface area contributed by atoms with Gasteiger partial charge in [-0.25, -0.2) is 13.2 Å². The van der Waals surface area contributed by atoms with Crippen LogP contribution < -0.4 is 10.2 Å². The number of hydrogen-bond acceptors (Lipinski definition) is 6. The fourth-order valence-corrected chi connectivity index (χ4v) is 6.59. The van der Waals surface area contributed by atoms with Gasteiger partial charge in [0.1, 0.15) is 0 Å². The third-order valence-electron chi connectivity index (χ3n) is 5.72. The molecule has 2 aromatic rings. The third kappa shape index (κ3) is 4.28. The average molecular weight is 438 g/mol. The van der Waals surface area contributed by atoms with E-state index in [0.717, 1.165) is 35.0 Å². The van der Waals surface area contributed by atoms with Crippen molar-refractivity contribution in [2.75, 3.05) is 42.6 Å². The van der Waals surface area contributed by atoms with Crippen molar-refractivity contribution in [3.8, 4) is 0 Å². The number of sulfone groups is 1. The second-order valence-electron chi connectivity index (χ2n) is 7.73. The third-order valence-corrected chi connectivity index (χ3v) is 8.34. The number of carbonyl (C=O) groups excluding carboxylic acids is 1. The van der Waals surface area contributed by atoms with Crippen LogP contribution in [-0.2, 0) is 16.4 Å². The van der Waals surface area contributed by atoms with Crippen LogP contribution in [0.15, 0.2) is 17.5 Å². The molecule has 2 amide bonds. The molecule has 10 heteroatoms. The summed E-state index contributed by atoms with van der Waals surface area (Å²) in [6.07, 6.45) is 0.627. The molecule has 0 spiro atoms. The summed E-state index contributed by atoms with van der Waals surface area (Å²) >= 11 is 1.64. The van der Waals surface area contributed by atoms with Gasteiger partial charge in [-0.15, -0.1) is 11.3 Å². The van der Waals surface area contributed by atoms with Crippen LogP contribution in [0.4, 0.5) is 10.5 Å². The van der Waals surface area contributed by atoms with Crippen molar-refractivity contribution in [3.63, 3.8) is 0 Å². The Morgan fingerprint density at radius 1 is 1.28 bits per heavy atom. The number of amides is 2. The minimum Gasteiger partial charge on any atom is -0.365 e. The number of carbonyl (C=O) groups is 1. The molecule has 1 atom stereocenters. The molecule has 29 heavy (non-hydrogen) atoms. The number of thiophene rings is 1. The smallest absolute Gasteiger partial charge is 0.317 e. The second kappa shape index (κ2) is 7.98. The number of aryl methyl sites for hydroxylation is 1. The normalized spacial score (nSPS) is 21.5. The van der Waals surface area contributed by atoms with E-state index in [1.165, 1.54) is 0 Å². The quantitative estimate of drug-likeness (QED) is 0.790. The van der Waals surface area contributed by atoms with Crippen LogP contribution in [0.25, 0.3) is 0 Å². The van der Waals surface area contributed by atoms with Gasteiger partial charge in [-0.2, -0.15) is 5.10 Å². The van der Waals surface area contributed by atoms with Gasteiger partial charge in [0, 0.05) is 31.1 Å². The summed E-state index contributed by atoms with van der Waals surface area (Å²) in [6, 6.07) is 3.90. The van der Waals surface area contributed by atoms with E-state index >= 15 is 0 Å². The summed E-state index contributed by atoms with van der Waals surface area (Å²) in [5.74, 6) is 0.414. The minimum atomic E-state index is -2.95. The summed E-state index contributed by atoms with van der Waals surface area (Å²) < 4.78 is 25.6. The monoisotopic (exact) mass is 437 g/mol. The Morgan fingerprint density at radius 2 is 2.03 bits per heavy atom. The van der Waals surface area contributed by atoms with Crippen LogP contribution >= 0.6 is 11.3 Å². The molecule has 2 aliphatic rings. The molecule has 0 bridgehead atoms. The maximum atomic E-state index is 12.4. The predicted molar refractivity (Wildman–Crippen MR) is 114 cm³/mol. The molecule has 2 fully saturated rings. The van der Waals surface area contributed by atoms with Gasteiger partial charge in [0.25, 0.3) is 0 Å². The van der Waals surface area contributed by atoms with Gasteiger partial charge in [-0.1, -0.05) is 6.07 Å². The first-order valence-electron chi connectivity index (χ1n) is 9.90. The van der Waals surface area contributed by atoms with Gasteiger partial charge in [-0.05, 0) is 31.7 Å². The Morgan fingerprint density at radius 3 is 2.66 bits per heavy atom. The molecule has 0 unspecified atom stereocenters. The predicted octanol–water partition coefficient (Wildman–Crippen LogP) is 1.95. The zero-order valence-electron chi connectivity index (χ0n) is 16.8. The topological polar surface area (TPSA) is 87.5 Å². The van der Waals surface area contributed by atoms with Gasteiger partial charge in [-0.3, -0.25) is 4.68 Å². The van der Waals surface area contributed by atoms with Crippen molar-refractivity contribution in [3.05, 3.63) is 33.8 Å². The number of aromatic nitrogens is 2. The van der Waals surface area contributed by atoms with Gasteiger partial charge >= 0.3 is 6.03 Å². The first-order valence-corrected chi connectivity index (χ1v) is 12.6. The molecule has 4 heterocycles. The number of rotatable bonds is 4. The average Bonchev–Trinajstić information content (AvgIpc) is 3.40. The molecule has 0 radical (unpaired) electrons.